The maximum Gasteiger partial charge on any atom is 0.288 e. The van der Waals surface area contributed by atoms with Crippen molar-refractivity contribution in [1.29, 1.82) is 0 Å². The fourth-order valence-electron chi connectivity index (χ4n) is 2.16. The lowest BCUT2D eigenvalue weighted by Crippen LogP contribution is -2.13. The van der Waals surface area contributed by atoms with Crippen LogP contribution in [0, 0.1) is 5.82 Å². The first kappa shape index (κ1) is 17.1. The number of nitrogens with one attached hydrogen (secondary N) is 1. The smallest absolute Gasteiger partial charge is 0.288 e. The second-order valence-corrected chi connectivity index (χ2v) is 6.02. The van der Waals surface area contributed by atoms with E-state index in [0.29, 0.717) is 22.3 Å². The number of hydrogen-bond donors (Lipinski definition) is 1. The standard InChI is InChI=1S/C17H12F3N3OS/c18-13-6-1-2-7-15(13)23-9-8-14(22-23)16(24)21-11-4-3-5-12(10-11)25-17(19)20/h1-10,17H,(H,21,24). The highest BCUT2D eigenvalue weighted by Gasteiger charge is 2.13. The molecule has 1 N–H and O–H groups in total. The molecule has 128 valence electrons. The third kappa shape index (κ3) is 4.21. The van der Waals surface area contributed by atoms with Gasteiger partial charge in [-0.05, 0) is 36.4 Å². The topological polar surface area (TPSA) is 46.9 Å². The average Bonchev–Trinajstić information content (AvgIpc) is 3.05. The lowest BCUT2D eigenvalue weighted by Gasteiger charge is -2.06. The van der Waals surface area contributed by atoms with Gasteiger partial charge in [0.25, 0.3) is 11.7 Å². The number of anilines is 1. The summed E-state index contributed by atoms with van der Waals surface area (Å²) in [7, 11) is 0. The molecule has 0 radical (unpaired) electrons. The maximum atomic E-state index is 13.8. The molecule has 0 bridgehead atoms. The summed E-state index contributed by atoms with van der Waals surface area (Å²) in [6.07, 6.45) is 1.47. The number of para-hydroxylation sites is 1. The van der Waals surface area contributed by atoms with Crippen molar-refractivity contribution in [1.82, 2.24) is 9.78 Å². The van der Waals surface area contributed by atoms with Gasteiger partial charge in [0.1, 0.15) is 11.5 Å². The van der Waals surface area contributed by atoms with Gasteiger partial charge in [0.2, 0.25) is 0 Å². The van der Waals surface area contributed by atoms with Crippen LogP contribution >= 0.6 is 11.8 Å². The van der Waals surface area contributed by atoms with Crippen LogP contribution in [0.2, 0.25) is 0 Å². The maximum absolute atomic E-state index is 13.8. The third-order valence-electron chi connectivity index (χ3n) is 3.24. The van der Waals surface area contributed by atoms with Crippen LogP contribution < -0.4 is 5.32 Å². The van der Waals surface area contributed by atoms with Crippen molar-refractivity contribution in [2.75, 3.05) is 5.32 Å². The van der Waals surface area contributed by atoms with E-state index in [1.807, 2.05) is 0 Å². The fraction of sp³-hybridized carbons (Fsp3) is 0.0588. The minimum atomic E-state index is -2.54. The first-order chi connectivity index (χ1) is 12.0. The number of carbonyl (C=O) groups excluding carboxylic acids is 1. The van der Waals surface area contributed by atoms with Crippen LogP contribution in [0.25, 0.3) is 5.69 Å². The van der Waals surface area contributed by atoms with Crippen LogP contribution in [-0.4, -0.2) is 21.4 Å². The molecule has 0 unspecified atom stereocenters. The van der Waals surface area contributed by atoms with E-state index in [1.54, 1.807) is 24.3 Å². The summed E-state index contributed by atoms with van der Waals surface area (Å²) in [5, 5.41) is 6.63. The zero-order valence-electron chi connectivity index (χ0n) is 12.7. The quantitative estimate of drug-likeness (QED) is 0.675. The molecule has 0 aliphatic rings. The molecule has 0 aliphatic carbocycles. The van der Waals surface area contributed by atoms with E-state index in [4.69, 9.17) is 0 Å². The molecule has 0 saturated heterocycles. The van der Waals surface area contributed by atoms with Crippen molar-refractivity contribution in [3.8, 4) is 5.69 Å². The predicted octanol–water partition coefficient (Wildman–Crippen LogP) is 4.58. The molecule has 25 heavy (non-hydrogen) atoms. The number of alkyl halides is 2. The summed E-state index contributed by atoms with van der Waals surface area (Å²) in [6, 6.07) is 13.6. The van der Waals surface area contributed by atoms with Gasteiger partial charge in [-0.2, -0.15) is 13.9 Å². The van der Waals surface area contributed by atoms with Crippen molar-refractivity contribution < 1.29 is 18.0 Å². The average molecular weight is 363 g/mol. The summed E-state index contributed by atoms with van der Waals surface area (Å²) < 4.78 is 39.8. The number of thioether (sulfide) groups is 1. The van der Waals surface area contributed by atoms with Crippen LogP contribution in [0.1, 0.15) is 10.5 Å². The van der Waals surface area contributed by atoms with Gasteiger partial charge in [-0.3, -0.25) is 4.79 Å². The van der Waals surface area contributed by atoms with Crippen LogP contribution in [0.4, 0.5) is 18.9 Å². The fourth-order valence-corrected chi connectivity index (χ4v) is 2.72. The summed E-state index contributed by atoms with van der Waals surface area (Å²) in [5.41, 5.74) is 0.670. The molecule has 1 amide bonds. The van der Waals surface area contributed by atoms with E-state index in [1.165, 1.54) is 41.2 Å². The predicted molar refractivity (Wildman–Crippen MR) is 89.8 cm³/mol. The zero-order valence-corrected chi connectivity index (χ0v) is 13.5. The van der Waals surface area contributed by atoms with Gasteiger partial charge in [-0.25, -0.2) is 9.07 Å². The van der Waals surface area contributed by atoms with Crippen molar-refractivity contribution in [3.05, 3.63) is 72.3 Å². The summed E-state index contributed by atoms with van der Waals surface area (Å²) >= 11 is 0.392. The van der Waals surface area contributed by atoms with Crippen LogP contribution in [0.15, 0.2) is 65.7 Å². The Morgan fingerprint density at radius 3 is 2.68 bits per heavy atom. The first-order valence-corrected chi connectivity index (χ1v) is 8.08. The lowest BCUT2D eigenvalue weighted by molar-refractivity contribution is 0.102. The van der Waals surface area contributed by atoms with Crippen LogP contribution in [0.3, 0.4) is 0 Å². The van der Waals surface area contributed by atoms with Gasteiger partial charge < -0.3 is 5.32 Å². The Morgan fingerprint density at radius 1 is 1.12 bits per heavy atom. The Balaban J connectivity index is 1.75. The van der Waals surface area contributed by atoms with Crippen molar-refractivity contribution in [2.24, 2.45) is 0 Å². The summed E-state index contributed by atoms with van der Waals surface area (Å²) in [4.78, 5) is 12.6. The van der Waals surface area contributed by atoms with E-state index in [-0.39, 0.29) is 11.4 Å². The van der Waals surface area contributed by atoms with E-state index in [0.717, 1.165) is 0 Å². The lowest BCUT2D eigenvalue weighted by atomic mass is 10.3. The summed E-state index contributed by atoms with van der Waals surface area (Å²) in [5.74, 6) is -3.52. The molecule has 3 aromatic rings. The Hall–Kier alpha value is -2.74. The number of aromatic nitrogens is 2. The third-order valence-corrected chi connectivity index (χ3v) is 3.94. The molecule has 2 aromatic carbocycles. The van der Waals surface area contributed by atoms with Crippen LogP contribution in [0.5, 0.6) is 0 Å². The monoisotopic (exact) mass is 363 g/mol. The molecule has 0 atom stereocenters. The highest BCUT2D eigenvalue weighted by atomic mass is 32.2. The molecule has 0 spiro atoms. The molecule has 3 rings (SSSR count). The van der Waals surface area contributed by atoms with Crippen molar-refractivity contribution in [3.63, 3.8) is 0 Å². The van der Waals surface area contributed by atoms with E-state index in [2.05, 4.69) is 10.4 Å². The largest absolute Gasteiger partial charge is 0.321 e. The number of rotatable bonds is 5. The zero-order chi connectivity index (χ0) is 17.8. The molecule has 4 nitrogen and oxygen atoms in total. The Morgan fingerprint density at radius 2 is 1.92 bits per heavy atom. The van der Waals surface area contributed by atoms with Gasteiger partial charge in [0.05, 0.1) is 0 Å². The minimum Gasteiger partial charge on any atom is -0.321 e. The summed E-state index contributed by atoms with van der Waals surface area (Å²) in [6.45, 7) is 0. The molecule has 1 aromatic heterocycles. The molecular formula is C17H12F3N3OS. The normalized spacial score (nSPS) is 10.9. The molecule has 0 fully saturated rings. The highest BCUT2D eigenvalue weighted by molar-refractivity contribution is 7.99. The number of benzene rings is 2. The van der Waals surface area contributed by atoms with Crippen molar-refractivity contribution >= 4 is 23.4 Å². The minimum absolute atomic E-state index is 0.0789. The van der Waals surface area contributed by atoms with E-state index >= 15 is 0 Å². The number of amides is 1. The molecule has 8 heteroatoms. The SMILES string of the molecule is O=C(Nc1cccc(SC(F)F)c1)c1ccn(-c2ccccc2F)n1. The van der Waals surface area contributed by atoms with Crippen LogP contribution in [-0.2, 0) is 0 Å². The molecule has 0 aliphatic heterocycles. The highest BCUT2D eigenvalue weighted by Crippen LogP contribution is 2.27. The Kier molecular flexibility index (Phi) is 5.08. The van der Waals surface area contributed by atoms with Gasteiger partial charge in [0, 0.05) is 16.8 Å². The Bertz CT molecular complexity index is 898. The van der Waals surface area contributed by atoms with Gasteiger partial charge in [-0.15, -0.1) is 0 Å². The number of halogens is 3. The number of hydrogen-bond acceptors (Lipinski definition) is 3. The molecule has 1 heterocycles. The van der Waals surface area contributed by atoms with E-state index in [9.17, 15) is 18.0 Å². The van der Waals surface area contributed by atoms with Gasteiger partial charge in [-0.1, -0.05) is 30.0 Å². The molecule has 0 saturated carbocycles. The first-order valence-electron chi connectivity index (χ1n) is 7.20. The van der Waals surface area contributed by atoms with Crippen molar-refractivity contribution in [2.45, 2.75) is 10.7 Å². The van der Waals surface area contributed by atoms with Gasteiger partial charge >= 0.3 is 0 Å². The molecular weight excluding hydrogens is 351 g/mol. The van der Waals surface area contributed by atoms with E-state index < -0.39 is 17.5 Å². The Labute approximate surface area is 145 Å². The van der Waals surface area contributed by atoms with Gasteiger partial charge in [0.15, 0.2) is 5.69 Å². The number of carbonyl (C=O) groups is 1. The second kappa shape index (κ2) is 7.43. The second-order valence-electron chi connectivity index (χ2n) is 4.96. The number of nitrogens with zero attached hydrogens (tertiary/aromatic N) is 2.